The van der Waals surface area contributed by atoms with Crippen molar-refractivity contribution < 1.29 is 18.7 Å². The molecule has 0 aliphatic heterocycles. The first kappa shape index (κ1) is 18.8. The lowest BCUT2D eigenvalue weighted by Crippen LogP contribution is -2.21. The molecule has 1 aromatic carbocycles. The molecule has 0 saturated heterocycles. The third-order valence-corrected chi connectivity index (χ3v) is 4.40. The topological polar surface area (TPSA) is 73.5 Å². The molecule has 0 radical (unpaired) electrons. The number of nitrogens with zero attached hydrogens (tertiary/aromatic N) is 1. The molecule has 2 aromatic heterocycles. The summed E-state index contributed by atoms with van der Waals surface area (Å²) in [7, 11) is 0. The molecule has 0 atom stereocenters. The maximum Gasteiger partial charge on any atom is 0.340 e. The average Bonchev–Trinajstić information content (AvgIpc) is 3.25. The molecule has 140 valence electrons. The summed E-state index contributed by atoms with van der Waals surface area (Å²) in [5, 5.41) is 3.22. The van der Waals surface area contributed by atoms with Gasteiger partial charge in [0, 0.05) is 22.1 Å². The van der Waals surface area contributed by atoms with E-state index < -0.39 is 11.9 Å². The summed E-state index contributed by atoms with van der Waals surface area (Å²) in [4.78, 5) is 24.3. The van der Waals surface area contributed by atoms with Gasteiger partial charge >= 0.3 is 5.97 Å². The zero-order chi connectivity index (χ0) is 19.4. The molecule has 2 heterocycles. The predicted molar refractivity (Wildman–Crippen MR) is 102 cm³/mol. The Hall–Kier alpha value is -2.99. The van der Waals surface area contributed by atoms with Gasteiger partial charge in [-0.25, -0.2) is 4.79 Å². The summed E-state index contributed by atoms with van der Waals surface area (Å²) in [6.45, 7) is 3.89. The summed E-state index contributed by atoms with van der Waals surface area (Å²) in [5.74, 6) is -0.172. The van der Waals surface area contributed by atoms with E-state index in [2.05, 4.69) is 5.32 Å². The standard InChI is InChI=1S/C20H19ClN2O4/c1-13-10-18(14(2)23(13)11-17-4-3-9-26-17)20(25)27-12-19(24)22-16-7-5-15(21)6-8-16/h3-10H,11-12H2,1-2H3,(H,22,24). The molecule has 0 unspecified atom stereocenters. The van der Waals surface area contributed by atoms with Gasteiger partial charge in [-0.3, -0.25) is 4.79 Å². The Kier molecular flexibility index (Phi) is 5.66. The van der Waals surface area contributed by atoms with Gasteiger partial charge in [0.2, 0.25) is 0 Å². The Morgan fingerprint density at radius 2 is 1.93 bits per heavy atom. The van der Waals surface area contributed by atoms with Crippen molar-refractivity contribution in [3.63, 3.8) is 0 Å². The highest BCUT2D eigenvalue weighted by Gasteiger charge is 2.18. The van der Waals surface area contributed by atoms with Crippen LogP contribution in [-0.2, 0) is 16.1 Å². The van der Waals surface area contributed by atoms with Crippen LogP contribution in [0.25, 0.3) is 0 Å². The number of furan rings is 1. The number of benzene rings is 1. The number of anilines is 1. The summed E-state index contributed by atoms with van der Waals surface area (Å²) in [6.07, 6.45) is 1.61. The minimum atomic E-state index is -0.542. The molecule has 3 rings (SSSR count). The van der Waals surface area contributed by atoms with Crippen LogP contribution in [0.4, 0.5) is 5.69 Å². The molecule has 1 amide bonds. The number of aryl methyl sites for hydroxylation is 1. The molecule has 27 heavy (non-hydrogen) atoms. The number of carbonyl (C=O) groups is 2. The lowest BCUT2D eigenvalue weighted by Gasteiger charge is -2.08. The number of hydrogen-bond donors (Lipinski definition) is 1. The van der Waals surface area contributed by atoms with Gasteiger partial charge in [0.25, 0.3) is 5.91 Å². The highest BCUT2D eigenvalue weighted by atomic mass is 35.5. The van der Waals surface area contributed by atoms with Crippen molar-refractivity contribution in [2.45, 2.75) is 20.4 Å². The van der Waals surface area contributed by atoms with Crippen LogP contribution in [0.1, 0.15) is 27.5 Å². The summed E-state index contributed by atoms with van der Waals surface area (Å²) in [5.41, 5.74) is 2.67. The van der Waals surface area contributed by atoms with E-state index in [9.17, 15) is 9.59 Å². The van der Waals surface area contributed by atoms with Crippen molar-refractivity contribution in [1.82, 2.24) is 4.57 Å². The van der Waals surface area contributed by atoms with Gasteiger partial charge in [0.1, 0.15) is 5.76 Å². The monoisotopic (exact) mass is 386 g/mol. The summed E-state index contributed by atoms with van der Waals surface area (Å²) in [6, 6.07) is 12.1. The van der Waals surface area contributed by atoms with Gasteiger partial charge < -0.3 is 19.0 Å². The Morgan fingerprint density at radius 1 is 1.19 bits per heavy atom. The van der Waals surface area contributed by atoms with E-state index in [4.69, 9.17) is 20.8 Å². The first-order valence-electron chi connectivity index (χ1n) is 8.35. The zero-order valence-electron chi connectivity index (χ0n) is 15.0. The van der Waals surface area contributed by atoms with Crippen LogP contribution in [0.2, 0.25) is 5.02 Å². The van der Waals surface area contributed by atoms with Crippen molar-refractivity contribution in [3.8, 4) is 0 Å². The minimum Gasteiger partial charge on any atom is -0.467 e. The second-order valence-corrected chi connectivity index (χ2v) is 6.52. The van der Waals surface area contributed by atoms with Crippen molar-refractivity contribution in [3.05, 3.63) is 76.5 Å². The third-order valence-electron chi connectivity index (χ3n) is 4.15. The lowest BCUT2D eigenvalue weighted by molar-refractivity contribution is -0.119. The number of carbonyl (C=O) groups excluding carboxylic acids is 2. The SMILES string of the molecule is Cc1cc(C(=O)OCC(=O)Nc2ccc(Cl)cc2)c(C)n1Cc1ccco1. The van der Waals surface area contributed by atoms with E-state index in [1.165, 1.54) is 0 Å². The van der Waals surface area contributed by atoms with Gasteiger partial charge in [-0.05, 0) is 56.3 Å². The number of halogens is 1. The van der Waals surface area contributed by atoms with Gasteiger partial charge in [-0.2, -0.15) is 0 Å². The number of aromatic nitrogens is 1. The summed E-state index contributed by atoms with van der Waals surface area (Å²) >= 11 is 5.80. The fourth-order valence-corrected chi connectivity index (χ4v) is 2.87. The Balaban J connectivity index is 1.60. The molecule has 3 aromatic rings. The van der Waals surface area contributed by atoms with Gasteiger partial charge in [-0.15, -0.1) is 0 Å². The smallest absolute Gasteiger partial charge is 0.340 e. The number of rotatable bonds is 6. The molecule has 0 fully saturated rings. The molecule has 0 aliphatic carbocycles. The largest absolute Gasteiger partial charge is 0.467 e. The van der Waals surface area contributed by atoms with Crippen LogP contribution >= 0.6 is 11.6 Å². The van der Waals surface area contributed by atoms with Gasteiger partial charge in [-0.1, -0.05) is 11.6 Å². The van der Waals surface area contributed by atoms with Crippen LogP contribution in [0.5, 0.6) is 0 Å². The predicted octanol–water partition coefficient (Wildman–Crippen LogP) is 4.20. The van der Waals surface area contributed by atoms with E-state index in [-0.39, 0.29) is 6.61 Å². The summed E-state index contributed by atoms with van der Waals surface area (Å²) < 4.78 is 12.5. The third kappa shape index (κ3) is 4.60. The van der Waals surface area contributed by atoms with Crippen LogP contribution in [0.15, 0.2) is 53.1 Å². The minimum absolute atomic E-state index is 0.372. The van der Waals surface area contributed by atoms with Crippen molar-refractivity contribution in [2.75, 3.05) is 11.9 Å². The number of esters is 1. The molecule has 0 saturated carbocycles. The fraction of sp³-hybridized carbons (Fsp3) is 0.200. The number of hydrogen-bond acceptors (Lipinski definition) is 4. The first-order valence-corrected chi connectivity index (χ1v) is 8.73. The number of amides is 1. The van der Waals surface area contributed by atoms with Gasteiger partial charge in [0.05, 0.1) is 18.4 Å². The molecule has 6 nitrogen and oxygen atoms in total. The molecule has 7 heteroatoms. The fourth-order valence-electron chi connectivity index (χ4n) is 2.75. The normalized spacial score (nSPS) is 10.6. The van der Waals surface area contributed by atoms with Crippen LogP contribution < -0.4 is 5.32 Å². The van der Waals surface area contributed by atoms with E-state index >= 15 is 0 Å². The first-order chi connectivity index (χ1) is 12.9. The lowest BCUT2D eigenvalue weighted by atomic mass is 10.2. The maximum atomic E-state index is 12.4. The van der Waals surface area contributed by atoms with Crippen molar-refractivity contribution >= 4 is 29.2 Å². The Bertz CT molecular complexity index is 943. The van der Waals surface area contributed by atoms with Crippen LogP contribution in [0.3, 0.4) is 0 Å². The van der Waals surface area contributed by atoms with E-state index in [1.807, 2.05) is 30.5 Å². The molecule has 1 N–H and O–H groups in total. The molecule has 0 aliphatic rings. The number of ether oxygens (including phenoxy) is 1. The van der Waals surface area contributed by atoms with E-state index in [1.54, 1.807) is 36.6 Å². The Morgan fingerprint density at radius 3 is 2.59 bits per heavy atom. The van der Waals surface area contributed by atoms with E-state index in [0.717, 1.165) is 17.1 Å². The molecular formula is C20H19ClN2O4. The van der Waals surface area contributed by atoms with E-state index in [0.29, 0.717) is 22.8 Å². The zero-order valence-corrected chi connectivity index (χ0v) is 15.7. The second-order valence-electron chi connectivity index (χ2n) is 6.08. The molecule has 0 spiro atoms. The highest BCUT2D eigenvalue weighted by molar-refractivity contribution is 6.30. The molecular weight excluding hydrogens is 368 g/mol. The van der Waals surface area contributed by atoms with Crippen LogP contribution in [0, 0.1) is 13.8 Å². The van der Waals surface area contributed by atoms with Crippen molar-refractivity contribution in [2.24, 2.45) is 0 Å². The number of nitrogens with one attached hydrogen (secondary N) is 1. The highest BCUT2D eigenvalue weighted by Crippen LogP contribution is 2.18. The van der Waals surface area contributed by atoms with Crippen molar-refractivity contribution in [1.29, 1.82) is 0 Å². The van der Waals surface area contributed by atoms with Crippen LogP contribution in [-0.4, -0.2) is 23.1 Å². The van der Waals surface area contributed by atoms with Gasteiger partial charge in [0.15, 0.2) is 6.61 Å². The molecule has 0 bridgehead atoms. The average molecular weight is 387 g/mol. The maximum absolute atomic E-state index is 12.4. The quantitative estimate of drug-likeness (QED) is 0.644. The second kappa shape index (κ2) is 8.14. The Labute approximate surface area is 161 Å².